The number of ether oxygens (including phenoxy) is 1. The molecule has 0 aliphatic carbocycles. The van der Waals surface area contributed by atoms with E-state index in [1.807, 2.05) is 0 Å². The Morgan fingerprint density at radius 3 is 1.80 bits per heavy atom. The summed E-state index contributed by atoms with van der Waals surface area (Å²) in [6.07, 6.45) is -8.38. The average Bonchev–Trinajstić information content (AvgIpc) is 3.20. The largest absolute Gasteiger partial charge is 0.573 e. The van der Waals surface area contributed by atoms with Crippen molar-refractivity contribution in [2.24, 2.45) is 0 Å². The molecule has 1 aromatic heterocycles. The summed E-state index contributed by atoms with van der Waals surface area (Å²) in [5, 5.41) is 22.6. The standard InChI is InChI=1S/C18H14F6N4O2/c1-11(28-26-10-25-27-28)16(29,12-2-4-14(5-3-12)17(19,20)21)13-6-8-15(9-7-13)30-18(22,23)24/h2-11,29H,1H3. The van der Waals surface area contributed by atoms with Crippen LogP contribution in [0, 0.1) is 0 Å². The summed E-state index contributed by atoms with van der Waals surface area (Å²) < 4.78 is 79.7. The van der Waals surface area contributed by atoms with Crippen molar-refractivity contribution in [3.05, 3.63) is 71.5 Å². The van der Waals surface area contributed by atoms with Gasteiger partial charge in [0.05, 0.1) is 5.56 Å². The fraction of sp³-hybridized carbons (Fsp3) is 0.278. The molecule has 0 amide bonds. The molecule has 0 radical (unpaired) electrons. The molecule has 2 atom stereocenters. The molecule has 12 heteroatoms. The second-order valence-corrected chi connectivity index (χ2v) is 6.35. The van der Waals surface area contributed by atoms with Crippen molar-refractivity contribution in [2.75, 3.05) is 0 Å². The minimum Gasteiger partial charge on any atom is -0.406 e. The summed E-state index contributed by atoms with van der Waals surface area (Å²) in [6.45, 7) is 1.49. The van der Waals surface area contributed by atoms with Crippen molar-refractivity contribution in [1.29, 1.82) is 0 Å². The van der Waals surface area contributed by atoms with Crippen molar-refractivity contribution in [3.8, 4) is 5.75 Å². The number of rotatable bonds is 5. The Hall–Kier alpha value is -3.15. The molecule has 0 saturated heterocycles. The summed E-state index contributed by atoms with van der Waals surface area (Å²) in [6, 6.07) is 7.08. The molecule has 1 heterocycles. The number of tetrazole rings is 1. The zero-order valence-corrected chi connectivity index (χ0v) is 15.2. The minimum absolute atomic E-state index is 0.0461. The van der Waals surface area contributed by atoms with Gasteiger partial charge in [-0.1, -0.05) is 24.3 Å². The molecule has 2 aromatic carbocycles. The minimum atomic E-state index is -4.90. The van der Waals surface area contributed by atoms with Crippen LogP contribution in [0.3, 0.4) is 0 Å². The molecule has 0 aliphatic heterocycles. The van der Waals surface area contributed by atoms with Gasteiger partial charge in [-0.15, -0.1) is 23.4 Å². The van der Waals surface area contributed by atoms with Gasteiger partial charge in [0, 0.05) is 0 Å². The monoisotopic (exact) mass is 432 g/mol. The molecule has 160 valence electrons. The SMILES string of the molecule is CC(n1ncnn1)C(O)(c1ccc(OC(F)(F)F)cc1)c1ccc(C(F)(F)F)cc1. The lowest BCUT2D eigenvalue weighted by Crippen LogP contribution is -2.37. The zero-order chi connectivity index (χ0) is 22.2. The van der Waals surface area contributed by atoms with Crippen LogP contribution in [-0.4, -0.2) is 31.7 Å². The van der Waals surface area contributed by atoms with Crippen LogP contribution >= 0.6 is 0 Å². The van der Waals surface area contributed by atoms with E-state index in [0.717, 1.165) is 47.5 Å². The molecule has 0 bridgehead atoms. The summed E-state index contributed by atoms with van der Waals surface area (Å²) >= 11 is 0. The molecule has 2 unspecified atom stereocenters. The first kappa shape index (κ1) is 21.6. The lowest BCUT2D eigenvalue weighted by molar-refractivity contribution is -0.274. The van der Waals surface area contributed by atoms with Crippen LogP contribution in [-0.2, 0) is 11.8 Å². The number of halogens is 6. The van der Waals surface area contributed by atoms with Gasteiger partial charge in [-0.05, 0) is 47.5 Å². The zero-order valence-electron chi connectivity index (χ0n) is 15.2. The Bertz CT molecular complexity index is 972. The molecule has 0 aliphatic rings. The highest BCUT2D eigenvalue weighted by molar-refractivity contribution is 5.41. The summed E-state index contributed by atoms with van der Waals surface area (Å²) in [4.78, 5) is 1.04. The Morgan fingerprint density at radius 1 is 0.867 bits per heavy atom. The van der Waals surface area contributed by atoms with Crippen molar-refractivity contribution < 1.29 is 36.2 Å². The molecule has 3 rings (SSSR count). The Labute approximate surface area is 165 Å². The summed E-state index contributed by atoms with van der Waals surface area (Å²) in [5.41, 5.74) is -2.79. The quantitative estimate of drug-likeness (QED) is 0.615. The van der Waals surface area contributed by atoms with Gasteiger partial charge in [0.2, 0.25) is 0 Å². The van der Waals surface area contributed by atoms with Crippen LogP contribution in [0.15, 0.2) is 54.9 Å². The van der Waals surface area contributed by atoms with Crippen LogP contribution in [0.25, 0.3) is 0 Å². The van der Waals surface area contributed by atoms with E-state index in [4.69, 9.17) is 0 Å². The first-order chi connectivity index (χ1) is 13.9. The third-order valence-electron chi connectivity index (χ3n) is 4.50. The number of aliphatic hydroxyl groups is 1. The van der Waals surface area contributed by atoms with E-state index < -0.39 is 35.5 Å². The van der Waals surface area contributed by atoms with Gasteiger partial charge >= 0.3 is 12.5 Å². The lowest BCUT2D eigenvalue weighted by atomic mass is 9.80. The highest BCUT2D eigenvalue weighted by Crippen LogP contribution is 2.41. The average molecular weight is 432 g/mol. The van der Waals surface area contributed by atoms with Crippen LogP contribution < -0.4 is 4.74 Å². The van der Waals surface area contributed by atoms with Crippen LogP contribution in [0.2, 0.25) is 0 Å². The Balaban J connectivity index is 2.06. The smallest absolute Gasteiger partial charge is 0.406 e. The van der Waals surface area contributed by atoms with Gasteiger partial charge in [-0.25, -0.2) is 0 Å². The predicted molar refractivity (Wildman–Crippen MR) is 90.1 cm³/mol. The summed E-state index contributed by atoms with van der Waals surface area (Å²) in [5.74, 6) is -0.521. The molecule has 3 aromatic rings. The van der Waals surface area contributed by atoms with Gasteiger partial charge in [0.1, 0.15) is 17.4 Å². The van der Waals surface area contributed by atoms with E-state index >= 15 is 0 Å². The lowest BCUT2D eigenvalue weighted by Gasteiger charge is -2.34. The fourth-order valence-electron chi connectivity index (χ4n) is 2.99. The maximum Gasteiger partial charge on any atom is 0.573 e. The first-order valence-corrected chi connectivity index (χ1v) is 8.40. The third kappa shape index (κ3) is 4.37. The molecular formula is C18H14F6N4O2. The Kier molecular flexibility index (Phi) is 5.46. The Morgan fingerprint density at radius 2 is 1.37 bits per heavy atom. The molecule has 0 saturated carbocycles. The van der Waals surface area contributed by atoms with E-state index in [2.05, 4.69) is 20.1 Å². The highest BCUT2D eigenvalue weighted by Gasteiger charge is 2.41. The second-order valence-electron chi connectivity index (χ2n) is 6.35. The van der Waals surface area contributed by atoms with Crippen LogP contribution in [0.1, 0.15) is 29.7 Å². The molecular weight excluding hydrogens is 418 g/mol. The van der Waals surface area contributed by atoms with Gasteiger partial charge < -0.3 is 9.84 Å². The van der Waals surface area contributed by atoms with Crippen molar-refractivity contribution in [3.63, 3.8) is 0 Å². The molecule has 6 nitrogen and oxygen atoms in total. The summed E-state index contributed by atoms with van der Waals surface area (Å²) in [7, 11) is 0. The van der Waals surface area contributed by atoms with E-state index in [1.54, 1.807) is 0 Å². The van der Waals surface area contributed by atoms with E-state index in [0.29, 0.717) is 0 Å². The molecule has 0 fully saturated rings. The number of alkyl halides is 6. The van der Waals surface area contributed by atoms with Crippen molar-refractivity contribution in [2.45, 2.75) is 31.1 Å². The number of nitrogens with zero attached hydrogens (tertiary/aromatic N) is 4. The van der Waals surface area contributed by atoms with Gasteiger partial charge in [0.25, 0.3) is 0 Å². The third-order valence-corrected chi connectivity index (χ3v) is 4.50. The predicted octanol–water partition coefficient (Wildman–Crippen LogP) is 4.09. The molecule has 1 N–H and O–H groups in total. The van der Waals surface area contributed by atoms with Crippen LogP contribution in [0.4, 0.5) is 26.3 Å². The van der Waals surface area contributed by atoms with E-state index in [-0.39, 0.29) is 11.1 Å². The maximum atomic E-state index is 12.9. The van der Waals surface area contributed by atoms with Gasteiger partial charge in [-0.2, -0.15) is 18.0 Å². The van der Waals surface area contributed by atoms with E-state index in [9.17, 15) is 31.4 Å². The van der Waals surface area contributed by atoms with Crippen LogP contribution in [0.5, 0.6) is 5.75 Å². The van der Waals surface area contributed by atoms with Crippen molar-refractivity contribution >= 4 is 0 Å². The normalized spacial score (nSPS) is 15.5. The first-order valence-electron chi connectivity index (χ1n) is 8.40. The topological polar surface area (TPSA) is 73.1 Å². The highest BCUT2D eigenvalue weighted by atomic mass is 19.4. The number of aromatic nitrogens is 4. The second kappa shape index (κ2) is 7.59. The molecule has 0 spiro atoms. The van der Waals surface area contributed by atoms with E-state index in [1.165, 1.54) is 19.1 Å². The fourth-order valence-corrected chi connectivity index (χ4v) is 2.99. The van der Waals surface area contributed by atoms with Crippen molar-refractivity contribution in [1.82, 2.24) is 20.2 Å². The molecule has 30 heavy (non-hydrogen) atoms. The van der Waals surface area contributed by atoms with Gasteiger partial charge in [-0.3, -0.25) is 0 Å². The maximum absolute atomic E-state index is 12.9. The number of hydrogen-bond acceptors (Lipinski definition) is 5. The number of hydrogen-bond donors (Lipinski definition) is 1. The number of benzene rings is 2. The van der Waals surface area contributed by atoms with Gasteiger partial charge in [0.15, 0.2) is 6.33 Å².